The second kappa shape index (κ2) is 6.68. The molecule has 0 aromatic heterocycles. The lowest BCUT2D eigenvalue weighted by molar-refractivity contribution is -0.120. The fraction of sp³-hybridized carbons (Fsp3) is 0.0909. The molecule has 4 nitrogen and oxygen atoms in total. The smallest absolute Gasteiger partial charge is 0.251 e. The number of fused-ring (bicyclic) bond motifs is 3. The third-order valence-electron chi connectivity index (χ3n) is 4.91. The molecule has 4 rings (SSSR count). The van der Waals surface area contributed by atoms with Crippen LogP contribution in [0.15, 0.2) is 72.8 Å². The molecule has 2 amide bonds. The Bertz CT molecular complexity index is 985. The minimum absolute atomic E-state index is 0.266. The van der Waals surface area contributed by atoms with E-state index in [0.29, 0.717) is 0 Å². The zero-order valence-electron chi connectivity index (χ0n) is 14.4. The molecule has 5 heteroatoms. The highest BCUT2D eigenvalue weighted by molar-refractivity contribution is 5.98. The summed E-state index contributed by atoms with van der Waals surface area (Å²) in [5.74, 6) is -1.90. The first-order chi connectivity index (χ1) is 13.1. The molecule has 27 heavy (non-hydrogen) atoms. The van der Waals surface area contributed by atoms with E-state index in [1.165, 1.54) is 24.3 Å². The molecule has 1 aliphatic carbocycles. The Hall–Kier alpha value is -3.47. The predicted octanol–water partition coefficient (Wildman–Crippen LogP) is 3.22. The predicted molar refractivity (Wildman–Crippen MR) is 101 cm³/mol. The average Bonchev–Trinajstić information content (AvgIpc) is 3.01. The number of primary amides is 1. The third-order valence-corrected chi connectivity index (χ3v) is 4.91. The summed E-state index contributed by atoms with van der Waals surface area (Å²) in [6.45, 7) is 0. The van der Waals surface area contributed by atoms with Gasteiger partial charge in [0.25, 0.3) is 5.91 Å². The second-order valence-electron chi connectivity index (χ2n) is 6.51. The molecule has 3 N–H and O–H groups in total. The summed E-state index contributed by atoms with van der Waals surface area (Å²) in [7, 11) is 0. The Kier molecular flexibility index (Phi) is 4.20. The highest BCUT2D eigenvalue weighted by atomic mass is 19.1. The maximum Gasteiger partial charge on any atom is 0.251 e. The Balaban J connectivity index is 1.73. The van der Waals surface area contributed by atoms with Gasteiger partial charge in [-0.2, -0.15) is 0 Å². The van der Waals surface area contributed by atoms with Gasteiger partial charge in [-0.05, 0) is 46.5 Å². The van der Waals surface area contributed by atoms with Gasteiger partial charge >= 0.3 is 0 Å². The maximum atomic E-state index is 13.1. The summed E-state index contributed by atoms with van der Waals surface area (Å²) in [6.07, 6.45) is 0. The Morgan fingerprint density at radius 2 is 1.37 bits per heavy atom. The van der Waals surface area contributed by atoms with E-state index in [2.05, 4.69) is 5.32 Å². The van der Waals surface area contributed by atoms with Crippen molar-refractivity contribution in [1.82, 2.24) is 5.32 Å². The number of hydrogen-bond acceptors (Lipinski definition) is 2. The van der Waals surface area contributed by atoms with Crippen molar-refractivity contribution in [3.63, 3.8) is 0 Å². The standard InChI is InChI=1S/C22H17FN2O2/c23-14-11-9-13(10-12-14)22(27)25-20(21(24)26)19-17-7-3-1-5-15(17)16-6-2-4-8-18(16)19/h1-12,19-20H,(H2,24,26)(H,25,27)/t20-/m1/s1. The van der Waals surface area contributed by atoms with Crippen molar-refractivity contribution in [2.24, 2.45) is 5.73 Å². The summed E-state index contributed by atoms with van der Waals surface area (Å²) in [5, 5.41) is 2.74. The van der Waals surface area contributed by atoms with Crippen LogP contribution in [0.2, 0.25) is 0 Å². The van der Waals surface area contributed by atoms with Gasteiger partial charge in [0.1, 0.15) is 11.9 Å². The number of amides is 2. The van der Waals surface area contributed by atoms with Crippen LogP contribution in [-0.4, -0.2) is 17.9 Å². The number of carbonyl (C=O) groups is 2. The van der Waals surface area contributed by atoms with Crippen LogP contribution in [0.3, 0.4) is 0 Å². The average molecular weight is 360 g/mol. The number of carbonyl (C=O) groups excluding carboxylic acids is 2. The summed E-state index contributed by atoms with van der Waals surface area (Å²) >= 11 is 0. The van der Waals surface area contributed by atoms with Crippen molar-refractivity contribution in [2.75, 3.05) is 0 Å². The van der Waals surface area contributed by atoms with Crippen molar-refractivity contribution in [1.29, 1.82) is 0 Å². The number of nitrogens with two attached hydrogens (primary N) is 1. The van der Waals surface area contributed by atoms with E-state index in [4.69, 9.17) is 5.73 Å². The van der Waals surface area contributed by atoms with Gasteiger partial charge < -0.3 is 11.1 Å². The van der Waals surface area contributed by atoms with E-state index in [1.807, 2.05) is 48.5 Å². The van der Waals surface area contributed by atoms with Crippen molar-refractivity contribution in [3.8, 4) is 11.1 Å². The highest BCUT2D eigenvalue weighted by Crippen LogP contribution is 2.46. The zero-order chi connectivity index (χ0) is 19.0. The van der Waals surface area contributed by atoms with Gasteiger partial charge in [0, 0.05) is 11.5 Å². The van der Waals surface area contributed by atoms with Crippen LogP contribution in [0.5, 0.6) is 0 Å². The van der Waals surface area contributed by atoms with Crippen molar-refractivity contribution in [3.05, 3.63) is 95.3 Å². The molecule has 0 fully saturated rings. The molecule has 0 aliphatic heterocycles. The molecular weight excluding hydrogens is 343 g/mol. The van der Waals surface area contributed by atoms with Crippen LogP contribution in [-0.2, 0) is 4.79 Å². The minimum Gasteiger partial charge on any atom is -0.368 e. The van der Waals surface area contributed by atoms with Gasteiger partial charge in [-0.25, -0.2) is 4.39 Å². The SMILES string of the molecule is NC(=O)[C@H](NC(=O)c1ccc(F)cc1)C1c2ccccc2-c2ccccc21. The molecule has 1 aliphatic rings. The van der Waals surface area contributed by atoms with Gasteiger partial charge in [-0.1, -0.05) is 48.5 Å². The summed E-state index contributed by atoms with van der Waals surface area (Å²) < 4.78 is 13.1. The lowest BCUT2D eigenvalue weighted by Gasteiger charge is -2.24. The molecule has 0 saturated carbocycles. The normalized spacial score (nSPS) is 13.5. The molecule has 3 aromatic carbocycles. The second-order valence-corrected chi connectivity index (χ2v) is 6.51. The van der Waals surface area contributed by atoms with Crippen molar-refractivity contribution in [2.45, 2.75) is 12.0 Å². The molecule has 0 saturated heterocycles. The van der Waals surface area contributed by atoms with Gasteiger partial charge in [0.2, 0.25) is 5.91 Å². The van der Waals surface area contributed by atoms with Gasteiger partial charge in [-0.3, -0.25) is 9.59 Å². The number of halogens is 1. The fourth-order valence-corrected chi connectivity index (χ4v) is 3.70. The van der Waals surface area contributed by atoms with E-state index in [9.17, 15) is 14.0 Å². The first kappa shape index (κ1) is 17.0. The van der Waals surface area contributed by atoms with Crippen LogP contribution >= 0.6 is 0 Å². The highest BCUT2D eigenvalue weighted by Gasteiger charge is 2.37. The van der Waals surface area contributed by atoms with Crippen LogP contribution in [0.4, 0.5) is 4.39 Å². The Labute approximate surface area is 155 Å². The molecule has 0 bridgehead atoms. The summed E-state index contributed by atoms with van der Waals surface area (Å²) in [5.41, 5.74) is 9.88. The monoisotopic (exact) mass is 360 g/mol. The Morgan fingerprint density at radius 3 is 1.89 bits per heavy atom. The minimum atomic E-state index is -0.924. The first-order valence-corrected chi connectivity index (χ1v) is 8.60. The quantitative estimate of drug-likeness (QED) is 0.750. The van der Waals surface area contributed by atoms with Gasteiger partial charge in [0.05, 0.1) is 0 Å². The van der Waals surface area contributed by atoms with Crippen LogP contribution < -0.4 is 11.1 Å². The Morgan fingerprint density at radius 1 is 0.852 bits per heavy atom. The molecule has 1 atom stereocenters. The molecule has 0 heterocycles. The largest absolute Gasteiger partial charge is 0.368 e. The van der Waals surface area contributed by atoms with Crippen molar-refractivity contribution < 1.29 is 14.0 Å². The molecule has 134 valence electrons. The topological polar surface area (TPSA) is 72.2 Å². The third kappa shape index (κ3) is 2.97. The maximum absolute atomic E-state index is 13.1. The summed E-state index contributed by atoms with van der Waals surface area (Å²) in [6, 6.07) is 19.8. The van der Waals surface area contributed by atoms with Crippen molar-refractivity contribution >= 4 is 11.8 Å². The molecule has 3 aromatic rings. The molecular formula is C22H17FN2O2. The number of nitrogens with one attached hydrogen (secondary N) is 1. The summed E-state index contributed by atoms with van der Waals surface area (Å²) in [4.78, 5) is 24.9. The van der Waals surface area contributed by atoms with E-state index < -0.39 is 23.7 Å². The van der Waals surface area contributed by atoms with E-state index in [1.54, 1.807) is 0 Å². The number of rotatable bonds is 4. The van der Waals surface area contributed by atoms with Crippen LogP contribution in [0.1, 0.15) is 27.4 Å². The zero-order valence-corrected chi connectivity index (χ0v) is 14.4. The number of benzene rings is 3. The van der Waals surface area contributed by atoms with Gasteiger partial charge in [-0.15, -0.1) is 0 Å². The molecule has 0 radical (unpaired) electrons. The van der Waals surface area contributed by atoms with E-state index in [-0.39, 0.29) is 11.5 Å². The molecule has 0 spiro atoms. The van der Waals surface area contributed by atoms with E-state index >= 15 is 0 Å². The first-order valence-electron chi connectivity index (χ1n) is 8.60. The lowest BCUT2D eigenvalue weighted by Crippen LogP contribution is -2.48. The fourth-order valence-electron chi connectivity index (χ4n) is 3.70. The molecule has 0 unspecified atom stereocenters. The van der Waals surface area contributed by atoms with Crippen LogP contribution in [0, 0.1) is 5.82 Å². The van der Waals surface area contributed by atoms with E-state index in [0.717, 1.165) is 22.3 Å². The van der Waals surface area contributed by atoms with Gasteiger partial charge in [0.15, 0.2) is 0 Å². The number of hydrogen-bond donors (Lipinski definition) is 2. The van der Waals surface area contributed by atoms with Crippen LogP contribution in [0.25, 0.3) is 11.1 Å². The lowest BCUT2D eigenvalue weighted by atomic mass is 9.88.